The zero-order chi connectivity index (χ0) is 88.1. The fourth-order valence-corrected chi connectivity index (χ4v) is 12.8. The Bertz CT molecular complexity index is 3690. The van der Waals surface area contributed by atoms with E-state index in [0.717, 1.165) is 0 Å². The lowest BCUT2D eigenvalue weighted by Crippen LogP contribution is -2.61. The summed E-state index contributed by atoms with van der Waals surface area (Å²) < 4.78 is 0. The predicted molar refractivity (Wildman–Crippen MR) is 442 cm³/mol. The third kappa shape index (κ3) is 38.5. The predicted octanol–water partition coefficient (Wildman–Crippen LogP) is -5.02. The molecule has 0 bridgehead atoms. The van der Waals surface area contributed by atoms with Crippen molar-refractivity contribution >= 4 is 101 Å². The first-order valence-electron chi connectivity index (χ1n) is 40.1. The van der Waals surface area contributed by atoms with Gasteiger partial charge < -0.3 is 131 Å². The Labute approximate surface area is 688 Å². The normalized spacial score (nSPS) is 15.4. The Hall–Kier alpha value is -11.5. The van der Waals surface area contributed by atoms with Crippen molar-refractivity contribution in [2.75, 3.05) is 45.8 Å². The molecule has 41 nitrogen and oxygen atoms in total. The number of phenolic OH excluding ortho intramolecular Hbond substituents is 1. The number of likely N-dealkylation sites (tertiary alicyclic amines) is 1. The lowest BCUT2D eigenvalue weighted by atomic mass is 9.96. The first kappa shape index (κ1) is 101. The number of carbonyl (C=O) groups is 14. The Morgan fingerprint density at radius 2 is 0.890 bits per heavy atom. The summed E-state index contributed by atoms with van der Waals surface area (Å²) in [5.74, 6) is -14.4. The fraction of sp³-hybridized carbons (Fsp3) is 0.623. The molecule has 1 aliphatic heterocycles. The van der Waals surface area contributed by atoms with Crippen LogP contribution in [0.15, 0.2) is 69.6 Å². The molecule has 0 spiro atoms. The largest absolute Gasteiger partial charge is 0.508 e. The molecule has 1 heterocycles. The van der Waals surface area contributed by atoms with Gasteiger partial charge in [0.05, 0.1) is 19.0 Å². The van der Waals surface area contributed by atoms with Crippen LogP contribution in [0.25, 0.3) is 0 Å². The smallest absolute Gasteiger partial charge is 0.326 e. The monoisotopic (exact) mass is 1660 g/mol. The van der Waals surface area contributed by atoms with Crippen LogP contribution in [0.1, 0.15) is 168 Å². The number of guanidine groups is 3. The summed E-state index contributed by atoms with van der Waals surface area (Å²) >= 11 is 0. The van der Waals surface area contributed by atoms with Gasteiger partial charge in [-0.15, -0.1) is 0 Å². The fourth-order valence-electron chi connectivity index (χ4n) is 12.8. The maximum absolute atomic E-state index is 15.1. The van der Waals surface area contributed by atoms with Crippen LogP contribution < -0.4 is 116 Å². The summed E-state index contributed by atoms with van der Waals surface area (Å²) in [4.78, 5) is 210. The molecule has 3 rings (SSSR count). The average molecular weight is 1660 g/mol. The van der Waals surface area contributed by atoms with Crippen LogP contribution >= 0.6 is 0 Å². The third-order valence-corrected chi connectivity index (χ3v) is 19.3. The van der Waals surface area contributed by atoms with E-state index in [2.05, 4.69) is 73.5 Å². The lowest BCUT2D eigenvalue weighted by Gasteiger charge is -2.32. The van der Waals surface area contributed by atoms with Gasteiger partial charge in [-0.25, -0.2) is 4.79 Å². The molecule has 0 saturated carbocycles. The molecule has 1 unspecified atom stereocenters. The summed E-state index contributed by atoms with van der Waals surface area (Å²) in [7, 11) is 0. The summed E-state index contributed by atoms with van der Waals surface area (Å²) in [5, 5.41) is 48.7. The first-order valence-corrected chi connectivity index (χ1v) is 40.1. The summed E-state index contributed by atoms with van der Waals surface area (Å²) in [6.07, 6.45) is 1.56. The van der Waals surface area contributed by atoms with Gasteiger partial charge in [-0.05, 0) is 163 Å². The number of hydrogen-bond donors (Lipinski definition) is 23. The van der Waals surface area contributed by atoms with Crippen molar-refractivity contribution in [1.82, 2.24) is 63.4 Å². The number of rotatable bonds is 56. The van der Waals surface area contributed by atoms with Crippen LogP contribution in [0.4, 0.5) is 0 Å². The summed E-state index contributed by atoms with van der Waals surface area (Å²) in [6, 6.07) is -2.13. The minimum Gasteiger partial charge on any atom is -0.508 e. The quantitative estimate of drug-likeness (QED) is 0.0167. The van der Waals surface area contributed by atoms with Gasteiger partial charge in [0.2, 0.25) is 76.8 Å². The molecule has 2 aromatic carbocycles. The number of aliphatic imine (C=N–C) groups is 3. The van der Waals surface area contributed by atoms with Crippen LogP contribution in [-0.4, -0.2) is 234 Å². The van der Waals surface area contributed by atoms with E-state index >= 15 is 9.59 Å². The number of hydrogen-bond acceptors (Lipinski definition) is 21. The SMILES string of the molecule is CCC(C)[C@H](NC(=O)[C@H](CCCN=C(N)N)NC(=O)[C@H](CCCN=C(N)N)NC(=O)[C@H](CC(C)C)NC(=O)[C@H](Cc1ccccc1)NC(=O)CNC(=O)[C@H](CC(N)=O)NC(=O)[C@@H](N)Cc1ccc(O)cc1)C(=O)N[C@@H](CCCN=C(N)N)C(=O)N1CCC[C@H]1C(=O)N[C@@H](CCCCN)C(=O)N[C@@H](CC(C)C)C(=O)N[C@@H](CCCCN)C(=O)O. The molecular weight excluding hydrogens is 1530 g/mol. The second-order valence-corrected chi connectivity index (χ2v) is 30.2. The second-order valence-electron chi connectivity index (χ2n) is 30.2. The van der Waals surface area contributed by atoms with Crippen LogP contribution in [0, 0.1) is 17.8 Å². The van der Waals surface area contributed by atoms with E-state index in [4.69, 9.17) is 57.3 Å². The zero-order valence-electron chi connectivity index (χ0n) is 68.6. The molecule has 13 amide bonds. The van der Waals surface area contributed by atoms with Gasteiger partial charge in [0, 0.05) is 32.6 Å². The Kier molecular flexibility index (Phi) is 45.8. The first-order chi connectivity index (χ1) is 55.9. The van der Waals surface area contributed by atoms with Crippen molar-refractivity contribution in [3.63, 3.8) is 0 Å². The highest BCUT2D eigenvalue weighted by molar-refractivity contribution is 6.00. The van der Waals surface area contributed by atoms with Crippen LogP contribution in [0.3, 0.4) is 0 Å². The average Bonchev–Trinajstić information content (AvgIpc) is 1.63. The Balaban J connectivity index is 2.00. The van der Waals surface area contributed by atoms with Gasteiger partial charge >= 0.3 is 5.97 Å². The maximum Gasteiger partial charge on any atom is 0.326 e. The molecule has 13 atom stereocenters. The van der Waals surface area contributed by atoms with E-state index in [1.807, 2.05) is 13.8 Å². The van der Waals surface area contributed by atoms with Crippen LogP contribution in [0.5, 0.6) is 5.75 Å². The number of unbranched alkanes of at least 4 members (excludes halogenated alkanes) is 2. The van der Waals surface area contributed by atoms with Gasteiger partial charge in [0.15, 0.2) is 17.9 Å². The molecule has 0 aromatic heterocycles. The van der Waals surface area contributed by atoms with E-state index in [1.54, 1.807) is 58.0 Å². The zero-order valence-corrected chi connectivity index (χ0v) is 68.6. The van der Waals surface area contributed by atoms with E-state index < -0.39 is 174 Å². The van der Waals surface area contributed by atoms with Crippen molar-refractivity contribution in [3.05, 3.63) is 65.7 Å². The highest BCUT2D eigenvalue weighted by Crippen LogP contribution is 2.23. The number of primary amides is 1. The van der Waals surface area contributed by atoms with Crippen molar-refractivity contribution in [2.45, 2.75) is 242 Å². The number of phenols is 1. The highest BCUT2D eigenvalue weighted by atomic mass is 16.4. The van der Waals surface area contributed by atoms with Crippen LogP contribution in [-0.2, 0) is 80.0 Å². The highest BCUT2D eigenvalue weighted by Gasteiger charge is 2.42. The van der Waals surface area contributed by atoms with Crippen LogP contribution in [0.2, 0.25) is 0 Å². The number of carboxylic acids is 1. The third-order valence-electron chi connectivity index (χ3n) is 19.3. The lowest BCUT2D eigenvalue weighted by molar-refractivity contribution is -0.143. The Morgan fingerprint density at radius 3 is 1.36 bits per heavy atom. The van der Waals surface area contributed by atoms with E-state index in [-0.39, 0.29) is 158 Å². The molecule has 41 heteroatoms. The minimum absolute atomic E-state index is 0.000242. The summed E-state index contributed by atoms with van der Waals surface area (Å²) in [6.45, 7) is 10.2. The number of nitrogens with one attached hydrogen (secondary N) is 11. The maximum atomic E-state index is 15.1. The van der Waals surface area contributed by atoms with Gasteiger partial charge in [-0.3, -0.25) is 77.3 Å². The molecule has 118 heavy (non-hydrogen) atoms. The molecule has 1 fully saturated rings. The molecule has 658 valence electrons. The molecule has 0 aliphatic carbocycles. The van der Waals surface area contributed by atoms with E-state index in [1.165, 1.54) is 29.2 Å². The van der Waals surface area contributed by atoms with Crippen molar-refractivity contribution in [1.29, 1.82) is 0 Å². The second kappa shape index (κ2) is 53.7. The number of carboxylic acid groups (broad SMARTS) is 1. The van der Waals surface area contributed by atoms with Gasteiger partial charge in [0.25, 0.3) is 0 Å². The topological polar surface area (TPSA) is 712 Å². The number of amides is 13. The standard InChI is InChI=1S/C77H129N25O16/c1-7-45(6)62(72(115)96-53(25-17-35-90-77(86)87)73(116)102-36-18-26-59(102)71(114)95-50(21-11-13-31-78)66(109)99-56(38-44(4)5)69(112)97-54(74(117)118)22-12-14-32-79)101-67(110)52(24-16-34-89-76(84)85)93-65(108)51(23-15-33-88-75(82)83)94-68(111)55(37-43(2)3)100-70(113)57(40-46-19-9-8-10-20-46)92-61(105)42-91-64(107)58(41-60(81)104)98-63(106)49(80)39-47-27-29-48(103)30-28-47/h8-10,19-20,27-30,43-45,49-59,62,103H,7,11-18,21-26,31-42,78-80H2,1-6H3,(H2,81,104)(H,91,107)(H,92,105)(H,93,108)(H,94,111)(H,95,114)(H,96,115)(H,97,112)(H,98,106)(H,99,109)(H,100,113)(H,101,110)(H,117,118)(H4,82,83,88)(H4,84,85,89)(H4,86,87,90)/t45?,49-,50-,51-,52-,53-,54-,55-,56-,57-,58-,59-,62-/m0/s1. The number of nitrogens with zero attached hydrogens (tertiary/aromatic N) is 4. The van der Waals surface area contributed by atoms with Crippen molar-refractivity contribution in [3.8, 4) is 5.75 Å². The van der Waals surface area contributed by atoms with Gasteiger partial charge in [0.1, 0.15) is 72.2 Å². The molecule has 33 N–H and O–H groups in total. The minimum atomic E-state index is -1.59. The number of nitrogens with two attached hydrogens (primary N) is 10. The number of carbonyl (C=O) groups excluding carboxylic acids is 13. The van der Waals surface area contributed by atoms with Gasteiger partial charge in [-0.2, -0.15) is 0 Å². The van der Waals surface area contributed by atoms with Crippen molar-refractivity contribution < 1.29 is 77.3 Å². The number of aliphatic carboxylic acids is 1. The van der Waals surface area contributed by atoms with Crippen molar-refractivity contribution in [2.24, 2.45) is 90.1 Å². The molecule has 1 saturated heterocycles. The number of aromatic hydroxyl groups is 1. The summed E-state index contributed by atoms with van der Waals surface area (Å²) in [5.41, 5.74) is 58.0. The molecule has 1 aliphatic rings. The molecule has 0 radical (unpaired) electrons. The van der Waals surface area contributed by atoms with E-state index in [9.17, 15) is 67.7 Å². The molecule has 2 aromatic rings. The van der Waals surface area contributed by atoms with Gasteiger partial charge in [-0.1, -0.05) is 90.4 Å². The Morgan fingerprint density at radius 1 is 0.466 bits per heavy atom. The number of benzene rings is 2. The molecular formula is C77H129N25O16. The van der Waals surface area contributed by atoms with E-state index in [0.29, 0.717) is 49.8 Å².